The Labute approximate surface area is 175 Å². The molecule has 8 heteroatoms. The highest BCUT2D eigenvalue weighted by Crippen LogP contribution is 2.37. The molecule has 2 aliphatic rings. The van der Waals surface area contributed by atoms with Crippen molar-refractivity contribution in [2.75, 3.05) is 24.5 Å². The van der Waals surface area contributed by atoms with Gasteiger partial charge in [-0.25, -0.2) is 4.98 Å². The normalized spacial score (nSPS) is 22.3. The number of aromatic nitrogens is 2. The van der Waals surface area contributed by atoms with Crippen LogP contribution in [0, 0.1) is 0 Å². The highest BCUT2D eigenvalue weighted by Gasteiger charge is 2.56. The Balaban J connectivity index is 1.69. The number of anilines is 1. The van der Waals surface area contributed by atoms with Gasteiger partial charge >= 0.3 is 0 Å². The van der Waals surface area contributed by atoms with Crippen LogP contribution in [0.5, 0.6) is 0 Å². The van der Waals surface area contributed by atoms with Gasteiger partial charge in [0, 0.05) is 36.5 Å². The van der Waals surface area contributed by atoms with E-state index < -0.39 is 5.54 Å². The predicted molar refractivity (Wildman–Crippen MR) is 110 cm³/mol. The Morgan fingerprint density at radius 1 is 1.17 bits per heavy atom. The van der Waals surface area contributed by atoms with Gasteiger partial charge in [0.05, 0.1) is 12.7 Å². The summed E-state index contributed by atoms with van der Waals surface area (Å²) in [7, 11) is 0. The first-order valence-electron chi connectivity index (χ1n) is 9.78. The topological polar surface area (TPSA) is 69.6 Å². The van der Waals surface area contributed by atoms with Gasteiger partial charge in [0.1, 0.15) is 17.9 Å². The lowest BCUT2D eigenvalue weighted by Crippen LogP contribution is -2.69. The molecule has 3 heterocycles. The molecule has 2 aliphatic heterocycles. The first-order chi connectivity index (χ1) is 13.9. The summed E-state index contributed by atoms with van der Waals surface area (Å²) >= 11 is 6.01. The van der Waals surface area contributed by atoms with Gasteiger partial charge in [-0.05, 0) is 38.0 Å². The van der Waals surface area contributed by atoms with Crippen LogP contribution in [0.25, 0.3) is 0 Å². The molecular formula is C21H24ClN5O2. The fourth-order valence-electron chi connectivity index (χ4n) is 4.19. The van der Waals surface area contributed by atoms with E-state index in [2.05, 4.69) is 9.97 Å². The molecule has 1 aromatic carbocycles. The van der Waals surface area contributed by atoms with Crippen LogP contribution in [0.1, 0.15) is 25.8 Å². The summed E-state index contributed by atoms with van der Waals surface area (Å²) < 4.78 is 0. The van der Waals surface area contributed by atoms with Crippen LogP contribution in [0.3, 0.4) is 0 Å². The third-order valence-electron chi connectivity index (χ3n) is 5.78. The molecule has 0 saturated carbocycles. The van der Waals surface area contributed by atoms with E-state index in [1.54, 1.807) is 40.5 Å². The lowest BCUT2D eigenvalue weighted by Gasteiger charge is -2.48. The fourth-order valence-corrected chi connectivity index (χ4v) is 4.32. The number of rotatable bonds is 4. The van der Waals surface area contributed by atoms with E-state index in [1.165, 1.54) is 0 Å². The largest absolute Gasteiger partial charge is 0.352 e. The first kappa shape index (κ1) is 19.6. The van der Waals surface area contributed by atoms with Gasteiger partial charge < -0.3 is 14.7 Å². The van der Waals surface area contributed by atoms with Crippen molar-refractivity contribution in [1.82, 2.24) is 19.8 Å². The van der Waals surface area contributed by atoms with Crippen molar-refractivity contribution >= 4 is 29.2 Å². The van der Waals surface area contributed by atoms with Crippen LogP contribution in [0.4, 0.5) is 5.82 Å². The average molecular weight is 414 g/mol. The molecule has 29 heavy (non-hydrogen) atoms. The number of benzene rings is 1. The van der Waals surface area contributed by atoms with E-state index in [4.69, 9.17) is 11.6 Å². The molecule has 2 aromatic rings. The van der Waals surface area contributed by atoms with Gasteiger partial charge in [-0.1, -0.05) is 23.7 Å². The van der Waals surface area contributed by atoms with E-state index in [9.17, 15) is 9.59 Å². The number of halogens is 1. The second-order valence-electron chi connectivity index (χ2n) is 7.90. The van der Waals surface area contributed by atoms with Crippen LogP contribution >= 0.6 is 11.6 Å². The number of hydrogen-bond donors (Lipinski definition) is 0. The van der Waals surface area contributed by atoms with Gasteiger partial charge in [0.2, 0.25) is 5.91 Å². The Kier molecular flexibility index (Phi) is 5.17. The number of carbonyl (C=O) groups is 2. The minimum absolute atomic E-state index is 0.00690. The number of carbonyl (C=O) groups excluding carboxylic acids is 2. The quantitative estimate of drug-likeness (QED) is 0.769. The molecule has 2 fully saturated rings. The minimum Gasteiger partial charge on any atom is -0.352 e. The van der Waals surface area contributed by atoms with E-state index in [0.29, 0.717) is 31.1 Å². The second-order valence-corrected chi connectivity index (χ2v) is 8.34. The maximum atomic E-state index is 13.6. The monoisotopic (exact) mass is 413 g/mol. The summed E-state index contributed by atoms with van der Waals surface area (Å²) in [6.07, 6.45) is 5.51. The summed E-state index contributed by atoms with van der Waals surface area (Å²) in [4.78, 5) is 40.8. The van der Waals surface area contributed by atoms with Crippen molar-refractivity contribution in [3.8, 4) is 0 Å². The number of amides is 2. The van der Waals surface area contributed by atoms with Crippen LogP contribution in [-0.4, -0.2) is 62.8 Å². The highest BCUT2D eigenvalue weighted by molar-refractivity contribution is 6.30. The molecule has 152 valence electrons. The Bertz CT molecular complexity index is 905. The number of piperazine rings is 1. The Morgan fingerprint density at radius 3 is 2.59 bits per heavy atom. The lowest BCUT2D eigenvalue weighted by molar-refractivity contribution is -0.166. The van der Waals surface area contributed by atoms with Crippen molar-refractivity contribution in [3.05, 3.63) is 53.4 Å². The standard InChI is InChI=1S/C21H24ClN5O2/c1-15(2)26-13-19(28)27(12-16-3-5-17(22)6-4-16)21(20(26)29)7-10-25(14-21)18-11-23-8-9-24-18/h3-6,8-9,11,15H,7,10,12-14H2,1-2H3. The Hall–Kier alpha value is -2.67. The maximum Gasteiger partial charge on any atom is 0.251 e. The smallest absolute Gasteiger partial charge is 0.251 e. The minimum atomic E-state index is -0.906. The van der Waals surface area contributed by atoms with E-state index in [-0.39, 0.29) is 24.4 Å². The molecule has 1 aromatic heterocycles. The van der Waals surface area contributed by atoms with Gasteiger partial charge in [0.25, 0.3) is 5.91 Å². The molecule has 0 bridgehead atoms. The van der Waals surface area contributed by atoms with E-state index in [1.807, 2.05) is 30.9 Å². The third-order valence-corrected chi connectivity index (χ3v) is 6.03. The van der Waals surface area contributed by atoms with Crippen molar-refractivity contribution in [1.29, 1.82) is 0 Å². The predicted octanol–water partition coefficient (Wildman–Crippen LogP) is 2.36. The molecule has 0 radical (unpaired) electrons. The van der Waals surface area contributed by atoms with Crippen molar-refractivity contribution in [2.24, 2.45) is 0 Å². The summed E-state index contributed by atoms with van der Waals surface area (Å²) in [5.41, 5.74) is 0.0439. The highest BCUT2D eigenvalue weighted by atomic mass is 35.5. The molecule has 4 rings (SSSR count). The number of nitrogens with zero attached hydrogens (tertiary/aromatic N) is 5. The zero-order valence-corrected chi connectivity index (χ0v) is 17.3. The molecule has 2 amide bonds. The SMILES string of the molecule is CC(C)N1CC(=O)N(Cc2ccc(Cl)cc2)C2(CCN(c3cnccn3)C2)C1=O. The summed E-state index contributed by atoms with van der Waals surface area (Å²) in [5, 5.41) is 0.644. The number of hydrogen-bond acceptors (Lipinski definition) is 5. The van der Waals surface area contributed by atoms with Gasteiger partial charge in [0.15, 0.2) is 0 Å². The lowest BCUT2D eigenvalue weighted by atomic mass is 9.89. The zero-order valence-electron chi connectivity index (χ0n) is 16.6. The molecule has 1 spiro atoms. The van der Waals surface area contributed by atoms with Crippen molar-refractivity contribution < 1.29 is 9.59 Å². The van der Waals surface area contributed by atoms with E-state index in [0.717, 1.165) is 11.4 Å². The second kappa shape index (κ2) is 7.63. The molecule has 0 N–H and O–H groups in total. The van der Waals surface area contributed by atoms with Crippen LogP contribution < -0.4 is 4.90 Å². The first-order valence-corrected chi connectivity index (χ1v) is 10.2. The van der Waals surface area contributed by atoms with Gasteiger partial charge in [-0.3, -0.25) is 14.6 Å². The molecule has 0 aliphatic carbocycles. The van der Waals surface area contributed by atoms with Crippen molar-refractivity contribution in [3.63, 3.8) is 0 Å². The zero-order chi connectivity index (χ0) is 20.6. The Morgan fingerprint density at radius 2 is 1.93 bits per heavy atom. The van der Waals surface area contributed by atoms with Gasteiger partial charge in [-0.2, -0.15) is 0 Å². The van der Waals surface area contributed by atoms with Gasteiger partial charge in [-0.15, -0.1) is 0 Å². The van der Waals surface area contributed by atoms with Crippen molar-refractivity contribution in [2.45, 2.75) is 38.4 Å². The molecule has 2 saturated heterocycles. The molecule has 1 unspecified atom stereocenters. The van der Waals surface area contributed by atoms with Crippen LogP contribution in [0.2, 0.25) is 5.02 Å². The molecule has 7 nitrogen and oxygen atoms in total. The summed E-state index contributed by atoms with van der Waals surface area (Å²) in [6.45, 7) is 5.43. The summed E-state index contributed by atoms with van der Waals surface area (Å²) in [5.74, 6) is 0.694. The fraction of sp³-hybridized carbons (Fsp3) is 0.429. The van der Waals surface area contributed by atoms with Crippen LogP contribution in [-0.2, 0) is 16.1 Å². The molecular weight excluding hydrogens is 390 g/mol. The molecule has 1 atom stereocenters. The summed E-state index contributed by atoms with van der Waals surface area (Å²) in [6, 6.07) is 7.38. The maximum absolute atomic E-state index is 13.6. The average Bonchev–Trinajstić information content (AvgIpc) is 3.16. The van der Waals surface area contributed by atoms with Crippen LogP contribution in [0.15, 0.2) is 42.9 Å². The third kappa shape index (κ3) is 3.55. The van der Waals surface area contributed by atoms with E-state index >= 15 is 0 Å².